The van der Waals surface area contributed by atoms with E-state index in [-0.39, 0.29) is 16.2 Å². The fraction of sp³-hybridized carbons (Fsp3) is 0.286. The van der Waals surface area contributed by atoms with Gasteiger partial charge in [0, 0.05) is 11.1 Å². The van der Waals surface area contributed by atoms with Crippen LogP contribution in [0.3, 0.4) is 0 Å². The maximum atomic E-state index is 6.49. The quantitative estimate of drug-likeness (QED) is 0.203. The summed E-state index contributed by atoms with van der Waals surface area (Å²) in [5.41, 5.74) is 20.4. The Kier molecular flexibility index (Phi) is 8.25. The monoisotopic (exact) mass is 580 g/mol. The number of anilines is 3. The van der Waals surface area contributed by atoms with Gasteiger partial charge >= 0.3 is 0 Å². The SMILES string of the molecule is CC(C)(C)c1ccc(-c2ccc(-c3cc(C(C)(C)C)cc(-c4ccccc4)c3Nc3ccccc3N)cc2C(C)(C)C)cc1. The highest BCUT2D eigenvalue weighted by Crippen LogP contribution is 2.45. The molecule has 3 N–H and O–H groups in total. The summed E-state index contributed by atoms with van der Waals surface area (Å²) in [5, 5.41) is 3.78. The molecule has 0 bridgehead atoms. The molecule has 0 saturated heterocycles. The van der Waals surface area contributed by atoms with E-state index in [2.05, 4.69) is 159 Å². The standard InChI is InChI=1S/C42H48N2/c1-40(2,3)31-22-19-29(20-23-31)33-24-21-30(25-36(33)42(7,8)9)35-27-32(41(4,5)6)26-34(28-15-11-10-12-16-28)39(35)44-38-18-14-13-17-37(38)43/h10-27,44H,43H2,1-9H3. The number of para-hydroxylation sites is 2. The minimum atomic E-state index is -0.0601. The van der Waals surface area contributed by atoms with Crippen LogP contribution in [0.4, 0.5) is 17.1 Å². The molecule has 5 rings (SSSR count). The maximum absolute atomic E-state index is 6.49. The summed E-state index contributed by atoms with van der Waals surface area (Å²) in [4.78, 5) is 0. The fourth-order valence-corrected chi connectivity index (χ4v) is 5.76. The van der Waals surface area contributed by atoms with Gasteiger partial charge in [0.1, 0.15) is 0 Å². The predicted octanol–water partition coefficient (Wildman–Crippen LogP) is 11.9. The number of nitrogen functional groups attached to an aromatic ring is 1. The Morgan fingerprint density at radius 2 is 0.977 bits per heavy atom. The van der Waals surface area contributed by atoms with E-state index >= 15 is 0 Å². The topological polar surface area (TPSA) is 38.0 Å². The van der Waals surface area contributed by atoms with Crippen LogP contribution in [0.15, 0.2) is 109 Å². The smallest absolute Gasteiger partial charge is 0.0618 e. The lowest BCUT2D eigenvalue weighted by Gasteiger charge is -2.28. The van der Waals surface area contributed by atoms with Crippen molar-refractivity contribution in [1.29, 1.82) is 0 Å². The van der Waals surface area contributed by atoms with Crippen molar-refractivity contribution in [3.8, 4) is 33.4 Å². The molecule has 5 aromatic carbocycles. The summed E-state index contributed by atoms with van der Waals surface area (Å²) in [7, 11) is 0. The molecule has 226 valence electrons. The highest BCUT2D eigenvalue weighted by atomic mass is 14.9. The van der Waals surface area contributed by atoms with E-state index in [1.807, 2.05) is 18.2 Å². The zero-order chi connectivity index (χ0) is 31.9. The van der Waals surface area contributed by atoms with Crippen LogP contribution >= 0.6 is 0 Å². The first-order valence-corrected chi connectivity index (χ1v) is 15.7. The molecule has 0 unspecified atom stereocenters. The molecule has 0 spiro atoms. The summed E-state index contributed by atoms with van der Waals surface area (Å²) in [6.45, 7) is 20.6. The molecule has 0 fully saturated rings. The lowest BCUT2D eigenvalue weighted by molar-refractivity contribution is 0.589. The number of rotatable bonds is 5. The first kappa shape index (κ1) is 31.1. The molecule has 0 atom stereocenters. The molecule has 5 aromatic rings. The van der Waals surface area contributed by atoms with Gasteiger partial charge in [0.2, 0.25) is 0 Å². The third kappa shape index (κ3) is 6.60. The first-order valence-electron chi connectivity index (χ1n) is 15.7. The molecule has 0 aliphatic heterocycles. The molecule has 2 heteroatoms. The molecule has 0 radical (unpaired) electrons. The third-order valence-electron chi connectivity index (χ3n) is 8.51. The highest BCUT2D eigenvalue weighted by Gasteiger charge is 2.24. The van der Waals surface area contributed by atoms with Crippen LogP contribution < -0.4 is 11.1 Å². The van der Waals surface area contributed by atoms with Gasteiger partial charge in [-0.05, 0) is 85.5 Å². The number of nitrogens with two attached hydrogens (primary N) is 1. The second-order valence-corrected chi connectivity index (χ2v) is 15.1. The van der Waals surface area contributed by atoms with E-state index in [0.29, 0.717) is 0 Å². The van der Waals surface area contributed by atoms with Crippen LogP contribution in [-0.4, -0.2) is 0 Å². The minimum Gasteiger partial charge on any atom is -0.397 e. The Bertz CT molecular complexity index is 1760. The van der Waals surface area contributed by atoms with Gasteiger partial charge in [-0.1, -0.05) is 141 Å². The lowest BCUT2D eigenvalue weighted by Crippen LogP contribution is -2.14. The minimum absolute atomic E-state index is 0.0375. The van der Waals surface area contributed by atoms with Crippen molar-refractivity contribution < 1.29 is 0 Å². The normalized spacial score (nSPS) is 12.3. The van der Waals surface area contributed by atoms with Crippen LogP contribution in [0.25, 0.3) is 33.4 Å². The van der Waals surface area contributed by atoms with Crippen LogP contribution in [0.1, 0.15) is 79.0 Å². The fourth-order valence-electron chi connectivity index (χ4n) is 5.76. The number of benzene rings is 5. The Morgan fingerprint density at radius 1 is 0.455 bits per heavy atom. The van der Waals surface area contributed by atoms with Crippen molar-refractivity contribution in [2.45, 2.75) is 78.6 Å². The molecule has 2 nitrogen and oxygen atoms in total. The molecule has 0 aromatic heterocycles. The summed E-state index contributed by atoms with van der Waals surface area (Å²) in [6.07, 6.45) is 0. The Balaban J connectivity index is 1.78. The highest BCUT2D eigenvalue weighted by molar-refractivity contribution is 5.95. The molecule has 44 heavy (non-hydrogen) atoms. The van der Waals surface area contributed by atoms with Crippen molar-refractivity contribution in [3.63, 3.8) is 0 Å². The molecule has 0 heterocycles. The number of hydrogen-bond donors (Lipinski definition) is 2. The molecule has 0 aliphatic rings. The molecular weight excluding hydrogens is 532 g/mol. The van der Waals surface area contributed by atoms with E-state index in [0.717, 1.165) is 22.6 Å². The molecule has 0 aliphatic carbocycles. The second kappa shape index (κ2) is 11.7. The van der Waals surface area contributed by atoms with Crippen LogP contribution in [-0.2, 0) is 16.2 Å². The van der Waals surface area contributed by atoms with Crippen molar-refractivity contribution in [2.24, 2.45) is 0 Å². The lowest BCUT2D eigenvalue weighted by atomic mass is 9.78. The van der Waals surface area contributed by atoms with E-state index in [4.69, 9.17) is 5.73 Å². The van der Waals surface area contributed by atoms with E-state index in [1.54, 1.807) is 0 Å². The summed E-state index contributed by atoms with van der Waals surface area (Å²) in [5.74, 6) is 0. The van der Waals surface area contributed by atoms with Gasteiger partial charge in [0.15, 0.2) is 0 Å². The zero-order valence-corrected chi connectivity index (χ0v) is 28.0. The van der Waals surface area contributed by atoms with Crippen molar-refractivity contribution >= 4 is 17.1 Å². The Labute approximate surface area is 265 Å². The Hall–Kier alpha value is -4.30. The second-order valence-electron chi connectivity index (χ2n) is 15.1. The van der Waals surface area contributed by atoms with E-state index in [9.17, 15) is 0 Å². The third-order valence-corrected chi connectivity index (χ3v) is 8.51. The van der Waals surface area contributed by atoms with E-state index in [1.165, 1.54) is 44.5 Å². The largest absolute Gasteiger partial charge is 0.397 e. The Morgan fingerprint density at radius 3 is 1.55 bits per heavy atom. The van der Waals surface area contributed by atoms with E-state index < -0.39 is 0 Å². The zero-order valence-electron chi connectivity index (χ0n) is 28.0. The average Bonchev–Trinajstić information content (AvgIpc) is 2.97. The number of hydrogen-bond acceptors (Lipinski definition) is 2. The van der Waals surface area contributed by atoms with Gasteiger partial charge in [-0.25, -0.2) is 0 Å². The van der Waals surface area contributed by atoms with Gasteiger partial charge in [0.25, 0.3) is 0 Å². The van der Waals surface area contributed by atoms with Gasteiger partial charge in [0.05, 0.1) is 17.1 Å². The molecule has 0 saturated carbocycles. The first-order chi connectivity index (χ1) is 20.6. The maximum Gasteiger partial charge on any atom is 0.0618 e. The van der Waals surface area contributed by atoms with Gasteiger partial charge in [-0.15, -0.1) is 0 Å². The van der Waals surface area contributed by atoms with Crippen molar-refractivity contribution in [1.82, 2.24) is 0 Å². The van der Waals surface area contributed by atoms with Gasteiger partial charge < -0.3 is 11.1 Å². The van der Waals surface area contributed by atoms with Crippen LogP contribution in [0, 0.1) is 0 Å². The van der Waals surface area contributed by atoms with Gasteiger partial charge in [-0.2, -0.15) is 0 Å². The van der Waals surface area contributed by atoms with Crippen molar-refractivity contribution in [2.75, 3.05) is 11.1 Å². The van der Waals surface area contributed by atoms with Crippen LogP contribution in [0.2, 0.25) is 0 Å². The number of nitrogens with one attached hydrogen (secondary N) is 1. The summed E-state index contributed by atoms with van der Waals surface area (Å²) >= 11 is 0. The summed E-state index contributed by atoms with van der Waals surface area (Å²) in [6, 6.07) is 39.5. The van der Waals surface area contributed by atoms with Crippen molar-refractivity contribution in [3.05, 3.63) is 126 Å². The van der Waals surface area contributed by atoms with Gasteiger partial charge in [-0.3, -0.25) is 0 Å². The van der Waals surface area contributed by atoms with Crippen LogP contribution in [0.5, 0.6) is 0 Å². The summed E-state index contributed by atoms with van der Waals surface area (Å²) < 4.78 is 0. The molecular formula is C42H48N2. The average molecular weight is 581 g/mol. The molecule has 0 amide bonds. The predicted molar refractivity (Wildman–Crippen MR) is 193 cm³/mol.